The number of carboxylic acid groups (broad SMARTS) is 1. The molecule has 0 rings (SSSR count). The number of carbonyl (C=O) groups is 2. The fourth-order valence-electron chi connectivity index (χ4n) is 1.51. The molecule has 0 aromatic heterocycles. The Hall–Kier alpha value is -1.94. The molecule has 0 spiro atoms. The van der Waals surface area contributed by atoms with E-state index in [4.69, 9.17) is 55.8 Å². The summed E-state index contributed by atoms with van der Waals surface area (Å²) in [6.07, 6.45) is 3.83. The van der Waals surface area contributed by atoms with Gasteiger partial charge in [-0.15, -0.1) is 0 Å². The number of unbranched alkanes of at least 4 members (excludes halogenated alkanes) is 3. The number of ether oxygens (including phenoxy) is 1. The van der Waals surface area contributed by atoms with E-state index in [1.807, 2.05) is 0 Å². The van der Waals surface area contributed by atoms with Crippen molar-refractivity contribution in [1.82, 2.24) is 0 Å². The molecule has 0 unspecified atom stereocenters. The number of hydrogen-bond donors (Lipinski definition) is 10. The van der Waals surface area contributed by atoms with Crippen molar-refractivity contribution in [1.29, 1.82) is 0 Å². The molecule has 0 bridgehead atoms. The highest BCUT2D eigenvalue weighted by molar-refractivity contribution is 5.87. The third kappa shape index (κ3) is 24.2. The topological polar surface area (TPSA) is 246 Å². The number of aliphatic hydroxyl groups is 9. The molecule has 0 heterocycles. The van der Waals surface area contributed by atoms with Gasteiger partial charge in [0.1, 0.15) is 6.61 Å². The number of carboxylic acids is 1. The minimum atomic E-state index is -1.18. The molecule has 10 N–H and O–H groups in total. The van der Waals surface area contributed by atoms with E-state index in [9.17, 15) is 9.59 Å². The Labute approximate surface area is 218 Å². The standard InChI is InChI=1S/C9H16O5.C6H14O2.C5H12O4.C4H6O2/c1-7(2)8(13)14-6-9(3-10,4-11)5-12;7-5-3-1-2-4-6-8;6-1-5(2-7,3-8)4-9;1-3(2)4(5)6/h10-12H,1,3-6H2,2H3;7-8H,1-6H2;6-9H,1-4H2;1H2,2H3,(H,5,6). The van der Waals surface area contributed by atoms with Crippen molar-refractivity contribution >= 4 is 11.9 Å². The van der Waals surface area contributed by atoms with Crippen LogP contribution < -0.4 is 0 Å². The third-order valence-corrected chi connectivity index (χ3v) is 4.64. The van der Waals surface area contributed by atoms with Crippen molar-refractivity contribution < 1.29 is 65.4 Å². The largest absolute Gasteiger partial charge is 0.478 e. The van der Waals surface area contributed by atoms with E-state index in [1.54, 1.807) is 0 Å². The first-order valence-electron chi connectivity index (χ1n) is 11.5. The van der Waals surface area contributed by atoms with Crippen LogP contribution in [0.2, 0.25) is 0 Å². The average molecular weight is 545 g/mol. The molecular weight excluding hydrogens is 496 g/mol. The molecule has 0 aliphatic rings. The molecule has 13 nitrogen and oxygen atoms in total. The maximum Gasteiger partial charge on any atom is 0.333 e. The van der Waals surface area contributed by atoms with Gasteiger partial charge in [-0.3, -0.25) is 0 Å². The third-order valence-electron chi connectivity index (χ3n) is 4.64. The summed E-state index contributed by atoms with van der Waals surface area (Å²) < 4.78 is 4.72. The molecule has 0 aliphatic carbocycles. The molecule has 0 aromatic carbocycles. The van der Waals surface area contributed by atoms with E-state index in [0.717, 1.165) is 25.7 Å². The zero-order valence-electron chi connectivity index (χ0n) is 22.0. The summed E-state index contributed by atoms with van der Waals surface area (Å²) in [5.41, 5.74) is -1.88. The zero-order valence-corrected chi connectivity index (χ0v) is 22.0. The predicted octanol–water partition coefficient (Wildman–Crippen LogP) is -1.81. The summed E-state index contributed by atoms with van der Waals surface area (Å²) >= 11 is 0. The van der Waals surface area contributed by atoms with Gasteiger partial charge in [0.25, 0.3) is 0 Å². The van der Waals surface area contributed by atoms with Crippen LogP contribution in [0.3, 0.4) is 0 Å². The molecule has 0 saturated heterocycles. The Kier molecular flexibility index (Phi) is 30.9. The Balaban J connectivity index is -0.000000207. The van der Waals surface area contributed by atoms with Gasteiger partial charge in [-0.1, -0.05) is 26.0 Å². The SMILES string of the molecule is C=C(C)C(=O)O.C=C(C)C(=O)OCC(CO)(CO)CO.OCC(CO)(CO)CO.OCCCCCCO. The van der Waals surface area contributed by atoms with Gasteiger partial charge >= 0.3 is 11.9 Å². The number of esters is 1. The molecule has 0 aliphatic heterocycles. The van der Waals surface area contributed by atoms with Crippen molar-refractivity contribution in [3.05, 3.63) is 24.3 Å². The molecule has 0 atom stereocenters. The second kappa shape index (κ2) is 27.1. The van der Waals surface area contributed by atoms with Crippen molar-refractivity contribution in [3.8, 4) is 0 Å². The van der Waals surface area contributed by atoms with Crippen molar-refractivity contribution in [3.63, 3.8) is 0 Å². The highest BCUT2D eigenvalue weighted by Gasteiger charge is 2.30. The summed E-state index contributed by atoms with van der Waals surface area (Å²) in [5.74, 6) is -1.54. The van der Waals surface area contributed by atoms with Crippen molar-refractivity contribution in [2.75, 3.05) is 66.1 Å². The lowest BCUT2D eigenvalue weighted by Crippen LogP contribution is -2.39. The number of aliphatic hydroxyl groups excluding tert-OH is 9. The highest BCUT2D eigenvalue weighted by Crippen LogP contribution is 2.15. The average Bonchev–Trinajstić information content (AvgIpc) is 2.90. The number of carbonyl (C=O) groups excluding carboxylic acids is 1. The van der Waals surface area contributed by atoms with Crippen LogP contribution in [0.15, 0.2) is 24.3 Å². The normalized spacial score (nSPS) is 10.5. The molecule has 0 fully saturated rings. The van der Waals surface area contributed by atoms with Crippen LogP contribution in [-0.2, 0) is 14.3 Å². The monoisotopic (exact) mass is 544 g/mol. The summed E-state index contributed by atoms with van der Waals surface area (Å²) in [4.78, 5) is 20.6. The summed E-state index contributed by atoms with van der Waals surface area (Å²) in [6, 6.07) is 0. The van der Waals surface area contributed by atoms with Gasteiger partial charge in [0, 0.05) is 24.4 Å². The van der Waals surface area contributed by atoms with Gasteiger partial charge in [0.05, 0.1) is 57.1 Å². The lowest BCUT2D eigenvalue weighted by Gasteiger charge is -2.26. The van der Waals surface area contributed by atoms with Gasteiger partial charge in [0.2, 0.25) is 0 Å². The smallest absolute Gasteiger partial charge is 0.333 e. The first-order chi connectivity index (χ1) is 17.3. The van der Waals surface area contributed by atoms with Crippen LogP contribution in [0.1, 0.15) is 39.5 Å². The van der Waals surface area contributed by atoms with E-state index >= 15 is 0 Å². The van der Waals surface area contributed by atoms with Crippen molar-refractivity contribution in [2.45, 2.75) is 39.5 Å². The first kappa shape index (κ1) is 42.2. The Morgan fingerprint density at radius 3 is 1.05 bits per heavy atom. The van der Waals surface area contributed by atoms with Gasteiger partial charge in [-0.25, -0.2) is 9.59 Å². The van der Waals surface area contributed by atoms with Gasteiger partial charge in [-0.05, 0) is 26.7 Å². The lowest BCUT2D eigenvalue weighted by molar-refractivity contribution is -0.146. The number of rotatable bonds is 16. The molecular formula is C24H48O13. The van der Waals surface area contributed by atoms with E-state index in [0.29, 0.717) is 0 Å². The fourth-order valence-corrected chi connectivity index (χ4v) is 1.51. The van der Waals surface area contributed by atoms with Crippen molar-refractivity contribution in [2.24, 2.45) is 10.8 Å². The van der Waals surface area contributed by atoms with E-state index in [-0.39, 0.29) is 31.0 Å². The van der Waals surface area contributed by atoms with Gasteiger partial charge < -0.3 is 55.8 Å². The minimum Gasteiger partial charge on any atom is -0.478 e. The van der Waals surface area contributed by atoms with Crippen LogP contribution in [0.5, 0.6) is 0 Å². The quantitative estimate of drug-likeness (QED) is 0.0585. The van der Waals surface area contributed by atoms with E-state index in [1.165, 1.54) is 13.8 Å². The number of aliphatic carboxylic acids is 1. The van der Waals surface area contributed by atoms with Gasteiger partial charge in [0.15, 0.2) is 0 Å². The fraction of sp³-hybridized carbons (Fsp3) is 0.750. The Morgan fingerprint density at radius 2 is 0.892 bits per heavy atom. The van der Waals surface area contributed by atoms with Crippen LogP contribution in [-0.4, -0.2) is 129 Å². The Bertz CT molecular complexity index is 541. The number of hydrogen-bond acceptors (Lipinski definition) is 12. The second-order valence-electron chi connectivity index (χ2n) is 8.41. The predicted molar refractivity (Wildman–Crippen MR) is 135 cm³/mol. The maximum absolute atomic E-state index is 11.0. The molecule has 0 radical (unpaired) electrons. The van der Waals surface area contributed by atoms with Crippen LogP contribution in [0.4, 0.5) is 0 Å². The lowest BCUT2D eigenvalue weighted by atomic mass is 9.93. The summed E-state index contributed by atoms with van der Waals surface area (Å²) in [7, 11) is 0. The molecule has 0 saturated carbocycles. The molecule has 13 heteroatoms. The zero-order chi connectivity index (χ0) is 29.9. The van der Waals surface area contributed by atoms with Crippen LogP contribution in [0, 0.1) is 10.8 Å². The van der Waals surface area contributed by atoms with E-state index < -0.39 is 69.0 Å². The first-order valence-corrected chi connectivity index (χ1v) is 11.5. The molecule has 37 heavy (non-hydrogen) atoms. The highest BCUT2D eigenvalue weighted by atomic mass is 16.5. The van der Waals surface area contributed by atoms with Crippen LogP contribution >= 0.6 is 0 Å². The Morgan fingerprint density at radius 1 is 0.595 bits per heavy atom. The summed E-state index contributed by atoms with van der Waals surface area (Å²) in [5, 5.41) is 85.2. The van der Waals surface area contributed by atoms with E-state index in [2.05, 4.69) is 13.2 Å². The molecule has 0 aromatic rings. The second-order valence-corrected chi connectivity index (χ2v) is 8.41. The van der Waals surface area contributed by atoms with Gasteiger partial charge in [-0.2, -0.15) is 0 Å². The molecule has 0 amide bonds. The maximum atomic E-state index is 11.0. The van der Waals surface area contributed by atoms with Crippen LogP contribution in [0.25, 0.3) is 0 Å². The summed E-state index contributed by atoms with van der Waals surface area (Å²) in [6.45, 7) is 6.80. The molecule has 222 valence electrons. The minimum absolute atomic E-state index is 0.176.